The Morgan fingerprint density at radius 1 is 1.30 bits per heavy atom. The van der Waals surface area contributed by atoms with E-state index in [1.165, 1.54) is 18.4 Å². The van der Waals surface area contributed by atoms with E-state index in [-0.39, 0.29) is 0 Å². The average molecular weight is 289 g/mol. The molecule has 1 aliphatic rings. The fourth-order valence-electron chi connectivity index (χ4n) is 2.20. The van der Waals surface area contributed by atoms with Crippen molar-refractivity contribution < 1.29 is 4.52 Å². The first-order valence-corrected chi connectivity index (χ1v) is 8.13. The van der Waals surface area contributed by atoms with E-state index >= 15 is 0 Å². The van der Waals surface area contributed by atoms with Gasteiger partial charge < -0.3 is 9.84 Å². The molecule has 4 nitrogen and oxygen atoms in total. The molecule has 0 saturated heterocycles. The zero-order valence-corrected chi connectivity index (χ0v) is 12.4. The van der Waals surface area contributed by atoms with E-state index in [0.29, 0.717) is 17.2 Å². The molecule has 3 rings (SSSR count). The minimum atomic E-state index is 0.465. The van der Waals surface area contributed by atoms with E-state index in [2.05, 4.69) is 33.8 Å². The predicted molar refractivity (Wildman–Crippen MR) is 80.7 cm³/mol. The predicted octanol–water partition coefficient (Wildman–Crippen LogP) is 2.65. The third kappa shape index (κ3) is 3.41. The molecule has 1 aliphatic carbocycles. The quantitative estimate of drug-likeness (QED) is 0.849. The van der Waals surface area contributed by atoms with Crippen LogP contribution in [0.3, 0.4) is 0 Å². The molecule has 1 N–H and O–H groups in total. The van der Waals surface area contributed by atoms with Crippen LogP contribution < -0.4 is 5.32 Å². The Balaban J connectivity index is 1.49. The van der Waals surface area contributed by atoms with Gasteiger partial charge in [-0.15, -0.1) is 0 Å². The second-order valence-corrected chi connectivity index (χ2v) is 6.53. The monoisotopic (exact) mass is 289 g/mol. The third-order valence-corrected chi connectivity index (χ3v) is 5.10. The first-order valence-electron chi connectivity index (χ1n) is 6.91. The van der Waals surface area contributed by atoms with Crippen molar-refractivity contribution in [1.29, 1.82) is 0 Å². The van der Waals surface area contributed by atoms with Gasteiger partial charge in [-0.25, -0.2) is 0 Å². The van der Waals surface area contributed by atoms with Gasteiger partial charge in [-0.2, -0.15) is 16.7 Å². The molecule has 1 aromatic carbocycles. The Kier molecular flexibility index (Phi) is 4.08. The van der Waals surface area contributed by atoms with Crippen molar-refractivity contribution in [3.63, 3.8) is 0 Å². The molecule has 1 fully saturated rings. The van der Waals surface area contributed by atoms with E-state index in [1.807, 2.05) is 30.0 Å². The van der Waals surface area contributed by atoms with E-state index < -0.39 is 0 Å². The van der Waals surface area contributed by atoms with E-state index in [4.69, 9.17) is 4.52 Å². The highest BCUT2D eigenvalue weighted by Gasteiger charge is 2.41. The Morgan fingerprint density at radius 3 is 2.80 bits per heavy atom. The molecule has 0 aliphatic heterocycles. The lowest BCUT2D eigenvalue weighted by Gasteiger charge is -2.11. The molecule has 106 valence electrons. The van der Waals surface area contributed by atoms with Crippen LogP contribution in [-0.4, -0.2) is 27.7 Å². The summed E-state index contributed by atoms with van der Waals surface area (Å²) in [6.07, 6.45) is 5.52. The minimum absolute atomic E-state index is 0.465. The highest BCUT2D eigenvalue weighted by molar-refractivity contribution is 8.00. The number of hydrogen-bond donors (Lipinski definition) is 1. The Hall–Kier alpha value is -1.33. The molecular weight excluding hydrogens is 270 g/mol. The topological polar surface area (TPSA) is 51.0 Å². The largest absolute Gasteiger partial charge is 0.338 e. The highest BCUT2D eigenvalue weighted by atomic mass is 32.2. The van der Waals surface area contributed by atoms with Crippen LogP contribution in [0.2, 0.25) is 0 Å². The van der Waals surface area contributed by atoms with Gasteiger partial charge in [-0.05, 0) is 24.7 Å². The summed E-state index contributed by atoms with van der Waals surface area (Å²) in [4.78, 5) is 4.42. The third-order valence-electron chi connectivity index (χ3n) is 3.68. The van der Waals surface area contributed by atoms with Crippen LogP contribution in [0.25, 0.3) is 0 Å². The van der Waals surface area contributed by atoms with Gasteiger partial charge in [-0.1, -0.05) is 35.5 Å². The van der Waals surface area contributed by atoms with Crippen LogP contribution in [0, 0.1) is 0 Å². The van der Waals surface area contributed by atoms with Crippen molar-refractivity contribution in [2.24, 2.45) is 0 Å². The van der Waals surface area contributed by atoms with E-state index in [0.717, 1.165) is 18.8 Å². The summed E-state index contributed by atoms with van der Waals surface area (Å²) in [5, 5.41) is 7.45. The second kappa shape index (κ2) is 5.97. The van der Waals surface area contributed by atoms with Gasteiger partial charge >= 0.3 is 0 Å². The zero-order valence-electron chi connectivity index (χ0n) is 11.6. The van der Waals surface area contributed by atoms with Crippen molar-refractivity contribution in [3.05, 3.63) is 47.6 Å². The molecule has 20 heavy (non-hydrogen) atoms. The first kappa shape index (κ1) is 13.6. The SMILES string of the molecule is CSC1(CNCc2nc(Cc3ccccc3)no2)CC1. The van der Waals surface area contributed by atoms with Gasteiger partial charge in [0.1, 0.15) is 0 Å². The molecule has 0 unspecified atom stereocenters. The number of nitrogens with one attached hydrogen (secondary N) is 1. The molecule has 2 aromatic rings. The number of hydrogen-bond acceptors (Lipinski definition) is 5. The van der Waals surface area contributed by atoms with Crippen molar-refractivity contribution in [3.8, 4) is 0 Å². The summed E-state index contributed by atoms with van der Waals surface area (Å²) in [5.41, 5.74) is 1.20. The number of nitrogens with zero attached hydrogens (tertiary/aromatic N) is 2. The fraction of sp³-hybridized carbons (Fsp3) is 0.467. The van der Waals surface area contributed by atoms with Gasteiger partial charge in [0.2, 0.25) is 5.89 Å². The van der Waals surface area contributed by atoms with Crippen molar-refractivity contribution >= 4 is 11.8 Å². The molecule has 1 aromatic heterocycles. The van der Waals surface area contributed by atoms with Crippen LogP contribution in [0.4, 0.5) is 0 Å². The Labute approximate surface area is 123 Å². The molecule has 0 amide bonds. The van der Waals surface area contributed by atoms with Crippen LogP contribution in [0.5, 0.6) is 0 Å². The molecule has 1 heterocycles. The average Bonchev–Trinajstić information content (AvgIpc) is 3.13. The minimum Gasteiger partial charge on any atom is -0.338 e. The lowest BCUT2D eigenvalue weighted by atomic mass is 10.1. The van der Waals surface area contributed by atoms with Crippen LogP contribution in [-0.2, 0) is 13.0 Å². The lowest BCUT2D eigenvalue weighted by molar-refractivity contribution is 0.363. The summed E-state index contributed by atoms with van der Waals surface area (Å²) in [6.45, 7) is 1.68. The van der Waals surface area contributed by atoms with Crippen LogP contribution in [0.15, 0.2) is 34.9 Å². The normalized spacial score (nSPS) is 16.2. The van der Waals surface area contributed by atoms with Crippen molar-refractivity contribution in [1.82, 2.24) is 15.5 Å². The molecule has 0 bridgehead atoms. The molecule has 0 radical (unpaired) electrons. The Bertz CT molecular complexity index is 551. The smallest absolute Gasteiger partial charge is 0.240 e. The van der Waals surface area contributed by atoms with Crippen molar-refractivity contribution in [2.45, 2.75) is 30.6 Å². The van der Waals surface area contributed by atoms with Gasteiger partial charge in [0.15, 0.2) is 5.82 Å². The maximum Gasteiger partial charge on any atom is 0.240 e. The molecule has 0 atom stereocenters. The number of benzene rings is 1. The van der Waals surface area contributed by atoms with Crippen LogP contribution >= 0.6 is 11.8 Å². The highest BCUT2D eigenvalue weighted by Crippen LogP contribution is 2.46. The van der Waals surface area contributed by atoms with Gasteiger partial charge in [0, 0.05) is 17.7 Å². The summed E-state index contributed by atoms with van der Waals surface area (Å²) in [6, 6.07) is 10.2. The zero-order chi connectivity index (χ0) is 13.8. The van der Waals surface area contributed by atoms with Crippen LogP contribution in [0.1, 0.15) is 30.1 Å². The summed E-state index contributed by atoms with van der Waals surface area (Å²) in [5.74, 6) is 1.42. The standard InChI is InChI=1S/C15H19N3OS/c1-20-15(7-8-15)11-16-10-14-17-13(18-19-14)9-12-5-3-2-4-6-12/h2-6,16H,7-11H2,1H3. The number of thioether (sulfide) groups is 1. The second-order valence-electron chi connectivity index (χ2n) is 5.26. The fourth-order valence-corrected chi connectivity index (χ4v) is 2.96. The molecule has 5 heteroatoms. The van der Waals surface area contributed by atoms with Crippen molar-refractivity contribution in [2.75, 3.05) is 12.8 Å². The Morgan fingerprint density at radius 2 is 2.10 bits per heavy atom. The van der Waals surface area contributed by atoms with Gasteiger partial charge in [-0.3, -0.25) is 0 Å². The number of rotatable bonds is 7. The lowest BCUT2D eigenvalue weighted by Crippen LogP contribution is -2.25. The maximum atomic E-state index is 5.28. The van der Waals surface area contributed by atoms with E-state index in [9.17, 15) is 0 Å². The summed E-state index contributed by atoms with van der Waals surface area (Å²) < 4.78 is 5.74. The summed E-state index contributed by atoms with van der Waals surface area (Å²) in [7, 11) is 0. The van der Waals surface area contributed by atoms with Gasteiger partial charge in [0.25, 0.3) is 0 Å². The molecular formula is C15H19N3OS. The molecule has 1 saturated carbocycles. The van der Waals surface area contributed by atoms with Gasteiger partial charge in [0.05, 0.1) is 6.54 Å². The summed E-state index contributed by atoms with van der Waals surface area (Å²) >= 11 is 1.95. The van der Waals surface area contributed by atoms with E-state index in [1.54, 1.807) is 0 Å². The maximum absolute atomic E-state index is 5.28. The number of aromatic nitrogens is 2. The molecule has 0 spiro atoms. The first-order chi connectivity index (χ1) is 9.80.